The quantitative estimate of drug-likeness (QED) is 0.741. The number of rotatable bonds is 4. The maximum absolute atomic E-state index is 13.3. The van der Waals surface area contributed by atoms with Crippen LogP contribution in [-0.4, -0.2) is 23.6 Å². The Morgan fingerprint density at radius 3 is 2.71 bits per heavy atom. The molecule has 1 amide bonds. The Hall–Kier alpha value is -1.62. The number of carbonyl (C=O) groups excluding carboxylic acids is 1. The van der Waals surface area contributed by atoms with Gasteiger partial charge in [0, 0.05) is 18.7 Å². The van der Waals surface area contributed by atoms with Gasteiger partial charge in [-0.1, -0.05) is 13.8 Å². The molecule has 1 unspecified atom stereocenters. The van der Waals surface area contributed by atoms with Gasteiger partial charge in [0.1, 0.15) is 11.6 Å². The first kappa shape index (κ1) is 13.4. The van der Waals surface area contributed by atoms with Crippen LogP contribution < -0.4 is 11.1 Å². The van der Waals surface area contributed by atoms with E-state index < -0.39 is 11.7 Å². The number of hydrogen-bond donors (Lipinski definition) is 3. The van der Waals surface area contributed by atoms with E-state index in [-0.39, 0.29) is 29.8 Å². The van der Waals surface area contributed by atoms with Crippen molar-refractivity contribution in [2.45, 2.75) is 19.9 Å². The van der Waals surface area contributed by atoms with Gasteiger partial charge in [-0.3, -0.25) is 4.79 Å². The number of hydrogen-bond acceptors (Lipinski definition) is 3. The summed E-state index contributed by atoms with van der Waals surface area (Å²) >= 11 is 0. The highest BCUT2D eigenvalue weighted by molar-refractivity contribution is 5.94. The molecule has 0 aliphatic rings. The Bertz CT molecular complexity index is 407. The summed E-state index contributed by atoms with van der Waals surface area (Å²) < 4.78 is 13.3. The zero-order valence-corrected chi connectivity index (χ0v) is 9.90. The van der Waals surface area contributed by atoms with Crippen molar-refractivity contribution in [2.24, 2.45) is 11.7 Å². The smallest absolute Gasteiger partial charge is 0.254 e. The molecule has 1 rings (SSSR count). The summed E-state index contributed by atoms with van der Waals surface area (Å²) in [5, 5.41) is 11.6. The van der Waals surface area contributed by atoms with Gasteiger partial charge in [0.15, 0.2) is 0 Å². The molecule has 17 heavy (non-hydrogen) atoms. The number of carbonyl (C=O) groups is 1. The first-order valence-corrected chi connectivity index (χ1v) is 5.44. The van der Waals surface area contributed by atoms with Crippen LogP contribution in [0.2, 0.25) is 0 Å². The molecular formula is C12H17FN2O2. The van der Waals surface area contributed by atoms with Crippen LogP contribution in [0.15, 0.2) is 18.2 Å². The highest BCUT2D eigenvalue weighted by Gasteiger charge is 2.14. The van der Waals surface area contributed by atoms with E-state index in [4.69, 9.17) is 10.8 Å². The lowest BCUT2D eigenvalue weighted by atomic mass is 10.1. The maximum Gasteiger partial charge on any atom is 0.254 e. The fraction of sp³-hybridized carbons (Fsp3) is 0.417. The fourth-order valence-electron chi connectivity index (χ4n) is 1.23. The van der Waals surface area contributed by atoms with Gasteiger partial charge < -0.3 is 16.2 Å². The van der Waals surface area contributed by atoms with Gasteiger partial charge >= 0.3 is 0 Å². The molecule has 0 saturated heterocycles. The predicted octanol–water partition coefficient (Wildman–Crippen LogP) is 1.24. The molecule has 0 aliphatic carbocycles. The normalized spacial score (nSPS) is 12.5. The third kappa shape index (κ3) is 3.71. The van der Waals surface area contributed by atoms with Gasteiger partial charge in [-0.05, 0) is 18.1 Å². The molecule has 0 heterocycles. The molecule has 94 valence electrons. The van der Waals surface area contributed by atoms with Crippen molar-refractivity contribution in [3.8, 4) is 5.75 Å². The third-order valence-electron chi connectivity index (χ3n) is 2.55. The Kier molecular flexibility index (Phi) is 4.45. The fourth-order valence-corrected chi connectivity index (χ4v) is 1.23. The van der Waals surface area contributed by atoms with Crippen LogP contribution in [0.25, 0.3) is 0 Å². The lowest BCUT2D eigenvalue weighted by Gasteiger charge is -2.16. The number of amides is 1. The molecule has 4 nitrogen and oxygen atoms in total. The summed E-state index contributed by atoms with van der Waals surface area (Å²) in [6.45, 7) is 4.17. The maximum atomic E-state index is 13.3. The summed E-state index contributed by atoms with van der Waals surface area (Å²) in [6.07, 6.45) is 0. The molecule has 0 aliphatic heterocycles. The first-order chi connectivity index (χ1) is 7.91. The Morgan fingerprint density at radius 1 is 1.53 bits per heavy atom. The minimum Gasteiger partial charge on any atom is -0.508 e. The van der Waals surface area contributed by atoms with Crippen LogP contribution in [0.3, 0.4) is 0 Å². The third-order valence-corrected chi connectivity index (χ3v) is 2.55. The predicted molar refractivity (Wildman–Crippen MR) is 63.2 cm³/mol. The van der Waals surface area contributed by atoms with Crippen molar-refractivity contribution in [3.05, 3.63) is 29.6 Å². The van der Waals surface area contributed by atoms with E-state index in [9.17, 15) is 9.18 Å². The molecule has 0 fully saturated rings. The van der Waals surface area contributed by atoms with Crippen molar-refractivity contribution < 1.29 is 14.3 Å². The van der Waals surface area contributed by atoms with Crippen LogP contribution in [0.5, 0.6) is 5.75 Å². The van der Waals surface area contributed by atoms with E-state index >= 15 is 0 Å². The van der Waals surface area contributed by atoms with Crippen LogP contribution in [-0.2, 0) is 0 Å². The van der Waals surface area contributed by atoms with Gasteiger partial charge in [0.2, 0.25) is 0 Å². The van der Waals surface area contributed by atoms with Crippen molar-refractivity contribution in [1.82, 2.24) is 5.32 Å². The second-order valence-corrected chi connectivity index (χ2v) is 4.28. The summed E-state index contributed by atoms with van der Waals surface area (Å²) in [5.41, 5.74) is 5.66. The molecule has 0 saturated carbocycles. The van der Waals surface area contributed by atoms with E-state index in [1.807, 2.05) is 13.8 Å². The number of nitrogens with two attached hydrogens (primary N) is 1. The van der Waals surface area contributed by atoms with Crippen molar-refractivity contribution >= 4 is 5.91 Å². The van der Waals surface area contributed by atoms with Crippen molar-refractivity contribution in [2.75, 3.05) is 6.54 Å². The average Bonchev–Trinajstić information content (AvgIpc) is 2.25. The van der Waals surface area contributed by atoms with Crippen molar-refractivity contribution in [3.63, 3.8) is 0 Å². The second-order valence-electron chi connectivity index (χ2n) is 4.28. The number of aromatic hydroxyl groups is 1. The second kappa shape index (κ2) is 5.63. The average molecular weight is 240 g/mol. The molecule has 4 N–H and O–H groups in total. The van der Waals surface area contributed by atoms with Crippen LogP contribution in [0.4, 0.5) is 4.39 Å². The summed E-state index contributed by atoms with van der Waals surface area (Å²) in [6, 6.07) is 3.23. The lowest BCUT2D eigenvalue weighted by Crippen LogP contribution is -2.40. The van der Waals surface area contributed by atoms with Crippen LogP contribution >= 0.6 is 0 Å². The molecule has 1 aromatic carbocycles. The topological polar surface area (TPSA) is 75.3 Å². The Morgan fingerprint density at radius 2 is 2.18 bits per heavy atom. The zero-order valence-electron chi connectivity index (χ0n) is 9.90. The number of phenolic OH excluding ortho intramolecular Hbond substituents is 1. The molecule has 1 aromatic rings. The van der Waals surface area contributed by atoms with Gasteiger partial charge in [-0.15, -0.1) is 0 Å². The summed E-state index contributed by atoms with van der Waals surface area (Å²) in [7, 11) is 0. The van der Waals surface area contributed by atoms with E-state index in [1.165, 1.54) is 12.1 Å². The molecule has 1 atom stereocenters. The molecule has 5 heteroatoms. The Balaban J connectivity index is 2.64. The minimum absolute atomic E-state index is 0.0984. The summed E-state index contributed by atoms with van der Waals surface area (Å²) in [5.74, 6) is -1.25. The van der Waals surface area contributed by atoms with Crippen molar-refractivity contribution in [1.29, 1.82) is 0 Å². The summed E-state index contributed by atoms with van der Waals surface area (Å²) in [4.78, 5) is 11.6. The van der Waals surface area contributed by atoms with Crippen LogP contribution in [0.1, 0.15) is 24.2 Å². The van der Waals surface area contributed by atoms with Gasteiger partial charge in [-0.2, -0.15) is 0 Å². The number of phenols is 1. The standard InChI is InChI=1S/C12H17FN2O2/c1-7(2)11(14)6-15-12(17)9-4-3-8(16)5-10(9)13/h3-5,7,11,16H,6,14H2,1-2H3,(H,15,17). The Labute approximate surface area is 99.6 Å². The zero-order chi connectivity index (χ0) is 13.0. The SMILES string of the molecule is CC(C)C(N)CNC(=O)c1ccc(O)cc1F. The monoisotopic (exact) mass is 240 g/mol. The largest absolute Gasteiger partial charge is 0.508 e. The minimum atomic E-state index is -0.749. The highest BCUT2D eigenvalue weighted by Crippen LogP contribution is 2.14. The first-order valence-electron chi connectivity index (χ1n) is 5.44. The van der Waals surface area contributed by atoms with E-state index in [2.05, 4.69) is 5.32 Å². The van der Waals surface area contributed by atoms with Gasteiger partial charge in [0.25, 0.3) is 5.91 Å². The number of nitrogens with one attached hydrogen (secondary N) is 1. The lowest BCUT2D eigenvalue weighted by molar-refractivity contribution is 0.0945. The molecule has 0 radical (unpaired) electrons. The molecule has 0 bridgehead atoms. The van der Waals surface area contributed by atoms with Gasteiger partial charge in [0.05, 0.1) is 5.56 Å². The van der Waals surface area contributed by atoms with E-state index in [1.54, 1.807) is 0 Å². The van der Waals surface area contributed by atoms with Crippen LogP contribution in [0, 0.1) is 11.7 Å². The number of benzene rings is 1. The molecule has 0 aromatic heterocycles. The van der Waals surface area contributed by atoms with E-state index in [0.717, 1.165) is 6.07 Å². The van der Waals surface area contributed by atoms with E-state index in [0.29, 0.717) is 0 Å². The highest BCUT2D eigenvalue weighted by atomic mass is 19.1. The van der Waals surface area contributed by atoms with Gasteiger partial charge in [-0.25, -0.2) is 4.39 Å². The molecular weight excluding hydrogens is 223 g/mol. The number of halogens is 1. The molecule has 0 spiro atoms.